The number of hydrogen-bond acceptors (Lipinski definition) is 3. The second-order valence-corrected chi connectivity index (χ2v) is 6.14. The molecule has 0 atom stereocenters. The highest BCUT2D eigenvalue weighted by molar-refractivity contribution is 5.95. The van der Waals surface area contributed by atoms with Crippen LogP contribution in [-0.2, 0) is 4.74 Å². The first kappa shape index (κ1) is 18.0. The van der Waals surface area contributed by atoms with Crippen molar-refractivity contribution < 1.29 is 14.3 Å². The van der Waals surface area contributed by atoms with E-state index >= 15 is 0 Å². The summed E-state index contributed by atoms with van der Waals surface area (Å²) in [6.45, 7) is 4.36. The highest BCUT2D eigenvalue weighted by Gasteiger charge is 2.13. The molecule has 24 heavy (non-hydrogen) atoms. The van der Waals surface area contributed by atoms with Crippen LogP contribution >= 0.6 is 0 Å². The molecule has 0 bridgehead atoms. The predicted octanol–water partition coefficient (Wildman–Crippen LogP) is 4.12. The molecule has 5 heteroatoms. The Labute approximate surface area is 143 Å². The summed E-state index contributed by atoms with van der Waals surface area (Å²) in [5.74, 6) is 0.679. The van der Waals surface area contributed by atoms with Crippen LogP contribution in [-0.4, -0.2) is 25.2 Å². The molecule has 2 amide bonds. The van der Waals surface area contributed by atoms with Gasteiger partial charge in [0.2, 0.25) is 0 Å². The summed E-state index contributed by atoms with van der Waals surface area (Å²) in [6.07, 6.45) is 8.59. The van der Waals surface area contributed by atoms with Crippen LogP contribution in [0, 0.1) is 5.92 Å². The summed E-state index contributed by atoms with van der Waals surface area (Å²) in [6, 6.07) is 6.76. The Bertz CT molecular complexity index is 548. The van der Waals surface area contributed by atoms with Crippen LogP contribution < -0.4 is 10.6 Å². The van der Waals surface area contributed by atoms with E-state index in [1.807, 2.05) is 0 Å². The Hall–Kier alpha value is -2.30. The van der Waals surface area contributed by atoms with Crippen molar-refractivity contribution in [2.45, 2.75) is 38.5 Å². The van der Waals surface area contributed by atoms with E-state index in [9.17, 15) is 9.59 Å². The van der Waals surface area contributed by atoms with Crippen molar-refractivity contribution in [2.75, 3.05) is 18.5 Å². The van der Waals surface area contributed by atoms with E-state index in [1.54, 1.807) is 24.3 Å². The number of rotatable bonds is 7. The number of carbonyl (C=O) groups excluding carboxylic acids is 2. The van der Waals surface area contributed by atoms with Crippen LogP contribution in [0.4, 0.5) is 10.5 Å². The number of hydrogen-bond donors (Lipinski definition) is 2. The standard InChI is InChI=1S/C19H26N2O3/c1-2-14-24-19(23)21-17-10-8-16(9-11-17)18(22)20-13-12-15-6-4-3-5-7-15/h2,8-11,15H,1,3-7,12-14H2,(H,20,22)(H,21,23). The molecule has 1 aromatic rings. The molecule has 0 radical (unpaired) electrons. The van der Waals surface area contributed by atoms with E-state index in [1.165, 1.54) is 38.2 Å². The van der Waals surface area contributed by atoms with Crippen molar-refractivity contribution in [3.05, 3.63) is 42.5 Å². The summed E-state index contributed by atoms with van der Waals surface area (Å²) >= 11 is 0. The normalized spacial score (nSPS) is 14.7. The van der Waals surface area contributed by atoms with Gasteiger partial charge in [-0.1, -0.05) is 44.8 Å². The fourth-order valence-corrected chi connectivity index (χ4v) is 2.96. The van der Waals surface area contributed by atoms with E-state index in [4.69, 9.17) is 4.74 Å². The second-order valence-electron chi connectivity index (χ2n) is 6.14. The fourth-order valence-electron chi connectivity index (χ4n) is 2.96. The molecule has 0 heterocycles. The van der Waals surface area contributed by atoms with Gasteiger partial charge in [0.15, 0.2) is 0 Å². The molecule has 0 spiro atoms. The highest BCUT2D eigenvalue weighted by atomic mass is 16.5. The largest absolute Gasteiger partial charge is 0.445 e. The van der Waals surface area contributed by atoms with Crippen LogP contribution in [0.1, 0.15) is 48.9 Å². The van der Waals surface area contributed by atoms with Crippen LogP contribution in [0.5, 0.6) is 0 Å². The first-order valence-corrected chi connectivity index (χ1v) is 8.62. The molecule has 1 fully saturated rings. The molecular weight excluding hydrogens is 304 g/mol. The lowest BCUT2D eigenvalue weighted by molar-refractivity contribution is 0.0950. The topological polar surface area (TPSA) is 67.4 Å². The quantitative estimate of drug-likeness (QED) is 0.739. The summed E-state index contributed by atoms with van der Waals surface area (Å²) < 4.78 is 4.84. The molecule has 0 aliphatic heterocycles. The molecule has 1 aliphatic carbocycles. The van der Waals surface area contributed by atoms with Gasteiger partial charge in [-0.05, 0) is 36.6 Å². The maximum atomic E-state index is 12.1. The zero-order valence-electron chi connectivity index (χ0n) is 14.1. The molecule has 1 aromatic carbocycles. The lowest BCUT2D eigenvalue weighted by Gasteiger charge is -2.21. The van der Waals surface area contributed by atoms with Gasteiger partial charge in [0.05, 0.1) is 0 Å². The first-order chi connectivity index (χ1) is 11.7. The molecule has 0 aromatic heterocycles. The summed E-state index contributed by atoms with van der Waals surface area (Å²) in [5.41, 5.74) is 1.17. The van der Waals surface area contributed by atoms with Gasteiger partial charge in [-0.3, -0.25) is 10.1 Å². The molecule has 1 aliphatic rings. The van der Waals surface area contributed by atoms with Crippen molar-refractivity contribution in [1.29, 1.82) is 0 Å². The molecule has 0 unspecified atom stereocenters. The third-order valence-electron chi connectivity index (χ3n) is 4.29. The Morgan fingerprint density at radius 1 is 1.17 bits per heavy atom. The second kappa shape index (κ2) is 9.75. The van der Waals surface area contributed by atoms with Crippen molar-refractivity contribution in [1.82, 2.24) is 5.32 Å². The number of amides is 2. The van der Waals surface area contributed by atoms with Gasteiger partial charge >= 0.3 is 6.09 Å². The Balaban J connectivity index is 1.73. The van der Waals surface area contributed by atoms with Gasteiger partial charge in [0.25, 0.3) is 5.91 Å². The fraction of sp³-hybridized carbons (Fsp3) is 0.474. The van der Waals surface area contributed by atoms with E-state index in [0.29, 0.717) is 11.3 Å². The summed E-state index contributed by atoms with van der Waals surface area (Å²) in [5, 5.41) is 5.56. The van der Waals surface area contributed by atoms with E-state index in [0.717, 1.165) is 18.9 Å². The average Bonchev–Trinajstić information content (AvgIpc) is 2.61. The molecule has 130 valence electrons. The van der Waals surface area contributed by atoms with Gasteiger partial charge < -0.3 is 10.1 Å². The minimum absolute atomic E-state index is 0.0772. The lowest BCUT2D eigenvalue weighted by atomic mass is 9.87. The number of nitrogens with one attached hydrogen (secondary N) is 2. The van der Waals surface area contributed by atoms with Crippen LogP contribution in [0.2, 0.25) is 0 Å². The van der Waals surface area contributed by atoms with E-state index in [2.05, 4.69) is 17.2 Å². The minimum atomic E-state index is -0.542. The molecule has 5 nitrogen and oxygen atoms in total. The van der Waals surface area contributed by atoms with Crippen molar-refractivity contribution in [2.24, 2.45) is 5.92 Å². The van der Waals surface area contributed by atoms with Crippen LogP contribution in [0.15, 0.2) is 36.9 Å². The lowest BCUT2D eigenvalue weighted by Crippen LogP contribution is -2.26. The van der Waals surface area contributed by atoms with Gasteiger partial charge in [-0.15, -0.1) is 0 Å². The van der Waals surface area contributed by atoms with Crippen molar-refractivity contribution in [3.63, 3.8) is 0 Å². The SMILES string of the molecule is C=CCOC(=O)Nc1ccc(C(=O)NCCC2CCCCC2)cc1. The first-order valence-electron chi connectivity index (χ1n) is 8.62. The molecule has 1 saturated carbocycles. The monoisotopic (exact) mass is 330 g/mol. The zero-order valence-corrected chi connectivity index (χ0v) is 14.1. The Kier molecular flexibility index (Phi) is 7.33. The van der Waals surface area contributed by atoms with Gasteiger partial charge in [-0.25, -0.2) is 4.79 Å². The average molecular weight is 330 g/mol. The maximum absolute atomic E-state index is 12.1. The van der Waals surface area contributed by atoms with Gasteiger partial charge in [-0.2, -0.15) is 0 Å². The van der Waals surface area contributed by atoms with Gasteiger partial charge in [0, 0.05) is 17.8 Å². The number of anilines is 1. The van der Waals surface area contributed by atoms with Gasteiger partial charge in [0.1, 0.15) is 6.61 Å². The van der Waals surface area contributed by atoms with Crippen molar-refractivity contribution >= 4 is 17.7 Å². The van der Waals surface area contributed by atoms with Crippen LogP contribution in [0.25, 0.3) is 0 Å². The van der Waals surface area contributed by atoms with Crippen molar-refractivity contribution in [3.8, 4) is 0 Å². The highest BCUT2D eigenvalue weighted by Crippen LogP contribution is 2.25. The van der Waals surface area contributed by atoms with E-state index in [-0.39, 0.29) is 12.5 Å². The van der Waals surface area contributed by atoms with Crippen LogP contribution in [0.3, 0.4) is 0 Å². The summed E-state index contributed by atoms with van der Waals surface area (Å²) in [4.78, 5) is 23.5. The number of carbonyl (C=O) groups is 2. The third-order valence-corrected chi connectivity index (χ3v) is 4.29. The number of ether oxygens (including phenoxy) is 1. The molecule has 0 saturated heterocycles. The minimum Gasteiger partial charge on any atom is -0.445 e. The maximum Gasteiger partial charge on any atom is 0.411 e. The molecule has 2 rings (SSSR count). The smallest absolute Gasteiger partial charge is 0.411 e. The Morgan fingerprint density at radius 3 is 2.54 bits per heavy atom. The summed E-state index contributed by atoms with van der Waals surface area (Å²) in [7, 11) is 0. The third kappa shape index (κ3) is 6.07. The molecule has 2 N–H and O–H groups in total. The number of benzene rings is 1. The Morgan fingerprint density at radius 2 is 1.88 bits per heavy atom. The van der Waals surface area contributed by atoms with E-state index < -0.39 is 6.09 Å². The zero-order chi connectivity index (χ0) is 17.2. The molecular formula is C19H26N2O3. The predicted molar refractivity (Wildman–Crippen MR) is 95.1 cm³/mol.